The third-order valence-electron chi connectivity index (χ3n) is 4.09. The highest BCUT2D eigenvalue weighted by Gasteiger charge is 2.27. The van der Waals surface area contributed by atoms with Crippen molar-refractivity contribution in [2.45, 2.75) is 38.6 Å². The molecule has 0 spiro atoms. The summed E-state index contributed by atoms with van der Waals surface area (Å²) in [6.45, 7) is 5.55. The molecule has 5 heteroatoms. The van der Waals surface area contributed by atoms with Gasteiger partial charge < -0.3 is 5.32 Å². The molecule has 1 aliphatic rings. The van der Waals surface area contributed by atoms with E-state index in [0.29, 0.717) is 5.56 Å². The Morgan fingerprint density at radius 3 is 2.52 bits per heavy atom. The van der Waals surface area contributed by atoms with Crippen molar-refractivity contribution in [2.24, 2.45) is 0 Å². The third kappa shape index (κ3) is 4.15. The van der Waals surface area contributed by atoms with Crippen molar-refractivity contribution in [3.63, 3.8) is 0 Å². The maximum absolute atomic E-state index is 14.3. The first-order chi connectivity index (χ1) is 10.1. The number of hydrogen-bond donors (Lipinski definition) is 1. The fraction of sp³-hybridized carbons (Fsp3) is 0.625. The van der Waals surface area contributed by atoms with E-state index in [-0.39, 0.29) is 11.1 Å². The maximum Gasteiger partial charge on any atom is 0.142 e. The first kappa shape index (κ1) is 16.7. The molecule has 1 N–H and O–H groups in total. The Kier molecular flexibility index (Phi) is 6.40. The van der Waals surface area contributed by atoms with Gasteiger partial charge in [0.2, 0.25) is 0 Å². The molecule has 118 valence electrons. The van der Waals surface area contributed by atoms with E-state index in [1.54, 1.807) is 0 Å². The molecular formula is C16H23ClF2N2. The van der Waals surface area contributed by atoms with Gasteiger partial charge in [0.25, 0.3) is 0 Å². The Hall–Kier alpha value is -0.710. The normalized spacial score (nSPS) is 17.9. The summed E-state index contributed by atoms with van der Waals surface area (Å²) < 4.78 is 28.0. The van der Waals surface area contributed by atoms with E-state index in [0.717, 1.165) is 57.9 Å². The molecule has 1 atom stereocenters. The van der Waals surface area contributed by atoms with Crippen LogP contribution in [0.4, 0.5) is 8.78 Å². The summed E-state index contributed by atoms with van der Waals surface area (Å²) in [5.74, 6) is -0.940. The van der Waals surface area contributed by atoms with Crippen molar-refractivity contribution in [3.8, 4) is 0 Å². The van der Waals surface area contributed by atoms with E-state index in [4.69, 9.17) is 11.6 Å². The van der Waals surface area contributed by atoms with Crippen molar-refractivity contribution in [1.82, 2.24) is 10.2 Å². The second-order valence-electron chi connectivity index (χ2n) is 5.55. The number of piperazine rings is 1. The molecular weight excluding hydrogens is 294 g/mol. The third-order valence-corrected chi connectivity index (χ3v) is 4.47. The summed E-state index contributed by atoms with van der Waals surface area (Å²) in [4.78, 5) is 2.22. The van der Waals surface area contributed by atoms with E-state index in [1.165, 1.54) is 6.07 Å². The Bertz CT molecular complexity index is 462. The second-order valence-corrected chi connectivity index (χ2v) is 5.93. The predicted molar refractivity (Wildman–Crippen MR) is 82.7 cm³/mol. The molecule has 0 aromatic heterocycles. The van der Waals surface area contributed by atoms with Crippen LogP contribution in [0.15, 0.2) is 12.1 Å². The highest BCUT2D eigenvalue weighted by Crippen LogP contribution is 2.35. The number of halogens is 3. The summed E-state index contributed by atoms with van der Waals surface area (Å²) in [6.07, 6.45) is 4.01. The lowest BCUT2D eigenvalue weighted by molar-refractivity contribution is 0.159. The van der Waals surface area contributed by atoms with Gasteiger partial charge in [0.1, 0.15) is 11.6 Å². The topological polar surface area (TPSA) is 15.3 Å². The molecule has 1 fully saturated rings. The number of hydrogen-bond acceptors (Lipinski definition) is 2. The summed E-state index contributed by atoms with van der Waals surface area (Å²) in [6, 6.07) is 2.15. The number of rotatable bonds is 6. The van der Waals surface area contributed by atoms with Gasteiger partial charge in [-0.25, -0.2) is 8.78 Å². The average molecular weight is 317 g/mol. The van der Waals surface area contributed by atoms with E-state index >= 15 is 0 Å². The molecule has 0 amide bonds. The average Bonchev–Trinajstić information content (AvgIpc) is 2.51. The van der Waals surface area contributed by atoms with Crippen LogP contribution in [-0.4, -0.2) is 31.1 Å². The zero-order valence-electron chi connectivity index (χ0n) is 12.5. The molecule has 0 radical (unpaired) electrons. The summed E-state index contributed by atoms with van der Waals surface area (Å²) in [5, 5.41) is 3.23. The van der Waals surface area contributed by atoms with E-state index < -0.39 is 11.6 Å². The smallest absolute Gasteiger partial charge is 0.142 e. The van der Waals surface area contributed by atoms with E-state index in [1.807, 2.05) is 0 Å². The van der Waals surface area contributed by atoms with Gasteiger partial charge in [0.15, 0.2) is 0 Å². The van der Waals surface area contributed by atoms with Gasteiger partial charge in [-0.1, -0.05) is 37.8 Å². The molecule has 0 aliphatic carbocycles. The Morgan fingerprint density at radius 2 is 1.86 bits per heavy atom. The Balaban J connectivity index is 2.27. The van der Waals surface area contributed by atoms with Gasteiger partial charge in [-0.05, 0) is 18.6 Å². The van der Waals surface area contributed by atoms with Gasteiger partial charge in [-0.2, -0.15) is 0 Å². The van der Waals surface area contributed by atoms with Gasteiger partial charge in [-0.3, -0.25) is 4.90 Å². The van der Waals surface area contributed by atoms with Crippen LogP contribution in [0, 0.1) is 11.6 Å². The van der Waals surface area contributed by atoms with Crippen molar-refractivity contribution < 1.29 is 8.78 Å². The molecule has 2 nitrogen and oxygen atoms in total. The van der Waals surface area contributed by atoms with Crippen LogP contribution in [0.2, 0.25) is 5.02 Å². The van der Waals surface area contributed by atoms with E-state index in [9.17, 15) is 8.78 Å². The molecule has 0 bridgehead atoms. The van der Waals surface area contributed by atoms with Gasteiger partial charge in [0, 0.05) is 37.8 Å². The molecule has 1 aromatic carbocycles. The molecule has 0 unspecified atom stereocenters. The summed E-state index contributed by atoms with van der Waals surface area (Å²) >= 11 is 6.07. The largest absolute Gasteiger partial charge is 0.314 e. The monoisotopic (exact) mass is 316 g/mol. The van der Waals surface area contributed by atoms with Crippen molar-refractivity contribution >= 4 is 11.6 Å². The highest BCUT2D eigenvalue weighted by molar-refractivity contribution is 6.31. The molecule has 0 saturated carbocycles. The van der Waals surface area contributed by atoms with Gasteiger partial charge in [0.05, 0.1) is 5.02 Å². The minimum absolute atomic E-state index is 0.0602. The first-order valence-electron chi connectivity index (χ1n) is 7.73. The fourth-order valence-corrected chi connectivity index (χ4v) is 3.22. The molecule has 1 heterocycles. The SMILES string of the molecule is CCCCC[C@H](c1c(F)ccc(F)c1Cl)N1CCNCC1. The number of nitrogens with one attached hydrogen (secondary N) is 1. The van der Waals surface area contributed by atoms with Crippen LogP contribution in [-0.2, 0) is 0 Å². The number of unbranched alkanes of at least 4 members (excludes halogenated alkanes) is 2. The summed E-state index contributed by atoms with van der Waals surface area (Å²) in [5.41, 5.74) is 0.328. The lowest BCUT2D eigenvalue weighted by Gasteiger charge is -2.36. The van der Waals surface area contributed by atoms with Crippen LogP contribution < -0.4 is 5.32 Å². The Labute approximate surface area is 130 Å². The molecule has 2 rings (SSSR count). The zero-order valence-corrected chi connectivity index (χ0v) is 13.2. The second kappa shape index (κ2) is 8.06. The van der Waals surface area contributed by atoms with Crippen molar-refractivity contribution in [2.75, 3.05) is 26.2 Å². The van der Waals surface area contributed by atoms with E-state index in [2.05, 4.69) is 17.1 Å². The Morgan fingerprint density at radius 1 is 1.19 bits per heavy atom. The standard InChI is InChI=1S/C16H23ClF2N2/c1-2-3-4-5-14(21-10-8-20-9-11-21)15-12(18)6-7-13(19)16(15)17/h6-7,14,20H,2-5,8-11H2,1H3/t14-/m1/s1. The van der Waals surface area contributed by atoms with Gasteiger partial charge >= 0.3 is 0 Å². The summed E-state index contributed by atoms with van der Waals surface area (Å²) in [7, 11) is 0. The zero-order chi connectivity index (χ0) is 15.2. The minimum atomic E-state index is -0.538. The lowest BCUT2D eigenvalue weighted by Crippen LogP contribution is -2.45. The predicted octanol–water partition coefficient (Wildman–Crippen LogP) is 4.14. The fourth-order valence-electron chi connectivity index (χ4n) is 2.94. The number of nitrogens with zero attached hydrogens (tertiary/aromatic N) is 1. The first-order valence-corrected chi connectivity index (χ1v) is 8.11. The molecule has 1 aromatic rings. The van der Waals surface area contributed by atoms with Crippen LogP contribution in [0.3, 0.4) is 0 Å². The van der Waals surface area contributed by atoms with Crippen LogP contribution >= 0.6 is 11.6 Å². The van der Waals surface area contributed by atoms with Gasteiger partial charge in [-0.15, -0.1) is 0 Å². The lowest BCUT2D eigenvalue weighted by atomic mass is 9.97. The van der Waals surface area contributed by atoms with Crippen LogP contribution in [0.1, 0.15) is 44.2 Å². The minimum Gasteiger partial charge on any atom is -0.314 e. The molecule has 1 saturated heterocycles. The van der Waals surface area contributed by atoms with Crippen LogP contribution in [0.5, 0.6) is 0 Å². The van der Waals surface area contributed by atoms with Crippen LogP contribution in [0.25, 0.3) is 0 Å². The molecule has 21 heavy (non-hydrogen) atoms. The van der Waals surface area contributed by atoms with Crippen molar-refractivity contribution in [1.29, 1.82) is 0 Å². The molecule has 1 aliphatic heterocycles. The number of benzene rings is 1. The quantitative estimate of drug-likeness (QED) is 0.626. The maximum atomic E-state index is 14.3. The van der Waals surface area contributed by atoms with Crippen molar-refractivity contribution in [3.05, 3.63) is 34.4 Å². The highest BCUT2D eigenvalue weighted by atomic mass is 35.5.